The standard InChI is InChI=1S/C16H12F5N3O3/c17-15(18,7-16(19,20)21)9-3-1-8(2-4-9)13(26)24-5-10-11(6-24)22-14(27)23-12(10)25/h1-4H,5-7H2,(H2,22,23,25,27). The molecule has 11 heteroatoms. The molecule has 27 heavy (non-hydrogen) atoms. The van der Waals surface area contributed by atoms with Gasteiger partial charge in [0.2, 0.25) is 0 Å². The fraction of sp³-hybridized carbons (Fsp3) is 0.312. The molecule has 2 heterocycles. The zero-order valence-corrected chi connectivity index (χ0v) is 13.5. The Morgan fingerprint density at radius 1 is 1.00 bits per heavy atom. The van der Waals surface area contributed by atoms with Gasteiger partial charge in [-0.25, -0.2) is 13.6 Å². The SMILES string of the molecule is O=C(c1ccc(C(F)(F)CC(F)(F)F)cc1)N1Cc2[nH]c(=O)[nH]c(=O)c2C1. The molecule has 1 aromatic carbocycles. The van der Waals surface area contributed by atoms with Crippen LogP contribution in [0.2, 0.25) is 0 Å². The van der Waals surface area contributed by atoms with Crippen LogP contribution in [0.1, 0.15) is 33.6 Å². The average Bonchev–Trinajstić information content (AvgIpc) is 2.96. The number of fused-ring (bicyclic) bond motifs is 1. The summed E-state index contributed by atoms with van der Waals surface area (Å²) in [7, 11) is 0. The maximum Gasteiger partial charge on any atom is 0.395 e. The number of aromatic amines is 2. The molecule has 2 N–H and O–H groups in total. The van der Waals surface area contributed by atoms with Crippen LogP contribution in [0.25, 0.3) is 0 Å². The topological polar surface area (TPSA) is 86.0 Å². The van der Waals surface area contributed by atoms with E-state index in [4.69, 9.17) is 0 Å². The molecule has 0 atom stereocenters. The number of carbonyl (C=O) groups is 1. The van der Waals surface area contributed by atoms with Gasteiger partial charge in [-0.1, -0.05) is 12.1 Å². The number of halogens is 5. The van der Waals surface area contributed by atoms with Gasteiger partial charge in [-0.05, 0) is 12.1 Å². The number of amides is 1. The van der Waals surface area contributed by atoms with Crippen molar-refractivity contribution in [3.05, 3.63) is 67.5 Å². The van der Waals surface area contributed by atoms with Crippen LogP contribution in [0.4, 0.5) is 22.0 Å². The third-order valence-corrected chi connectivity index (χ3v) is 4.09. The number of H-pyrrole nitrogens is 2. The number of hydrogen-bond donors (Lipinski definition) is 2. The third-order valence-electron chi connectivity index (χ3n) is 4.09. The maximum atomic E-state index is 13.7. The molecule has 1 aliphatic rings. The highest BCUT2D eigenvalue weighted by Crippen LogP contribution is 2.39. The van der Waals surface area contributed by atoms with Crippen LogP contribution >= 0.6 is 0 Å². The Kier molecular flexibility index (Phi) is 4.40. The van der Waals surface area contributed by atoms with Gasteiger partial charge in [-0.15, -0.1) is 0 Å². The van der Waals surface area contributed by atoms with Crippen LogP contribution in [-0.2, 0) is 19.0 Å². The van der Waals surface area contributed by atoms with Gasteiger partial charge in [0.05, 0.1) is 18.7 Å². The van der Waals surface area contributed by atoms with Crippen molar-refractivity contribution in [1.29, 1.82) is 0 Å². The molecular weight excluding hydrogens is 377 g/mol. The third kappa shape index (κ3) is 3.91. The second-order valence-electron chi connectivity index (χ2n) is 6.10. The van der Waals surface area contributed by atoms with Crippen LogP contribution in [0, 0.1) is 0 Å². The number of hydrogen-bond acceptors (Lipinski definition) is 3. The molecule has 0 fully saturated rings. The van der Waals surface area contributed by atoms with E-state index in [0.29, 0.717) is 0 Å². The number of alkyl halides is 5. The summed E-state index contributed by atoms with van der Waals surface area (Å²) in [4.78, 5) is 41.1. The molecule has 0 radical (unpaired) electrons. The van der Waals surface area contributed by atoms with Gasteiger partial charge in [-0.3, -0.25) is 14.6 Å². The zero-order chi connectivity index (χ0) is 20.0. The summed E-state index contributed by atoms with van der Waals surface area (Å²) in [6.07, 6.45) is -7.34. The lowest BCUT2D eigenvalue weighted by Crippen LogP contribution is -2.27. The molecule has 1 amide bonds. The Hall–Kier alpha value is -2.98. The second-order valence-corrected chi connectivity index (χ2v) is 6.10. The Morgan fingerprint density at radius 2 is 1.63 bits per heavy atom. The van der Waals surface area contributed by atoms with Crippen molar-refractivity contribution < 1.29 is 26.7 Å². The predicted molar refractivity (Wildman–Crippen MR) is 82.3 cm³/mol. The van der Waals surface area contributed by atoms with Gasteiger partial charge in [-0.2, -0.15) is 13.2 Å². The lowest BCUT2D eigenvalue weighted by molar-refractivity contribution is -0.190. The first-order valence-electron chi connectivity index (χ1n) is 7.65. The first-order chi connectivity index (χ1) is 12.5. The first-order valence-corrected chi connectivity index (χ1v) is 7.65. The summed E-state index contributed by atoms with van der Waals surface area (Å²) in [5.74, 6) is -4.73. The molecule has 0 spiro atoms. The Morgan fingerprint density at radius 3 is 2.22 bits per heavy atom. The van der Waals surface area contributed by atoms with Gasteiger partial charge >= 0.3 is 11.9 Å². The lowest BCUT2D eigenvalue weighted by Gasteiger charge is -2.19. The van der Waals surface area contributed by atoms with Gasteiger partial charge in [0, 0.05) is 16.8 Å². The van der Waals surface area contributed by atoms with Crippen molar-refractivity contribution in [2.75, 3.05) is 0 Å². The van der Waals surface area contributed by atoms with Crippen LogP contribution in [0.15, 0.2) is 33.9 Å². The van der Waals surface area contributed by atoms with Gasteiger partial charge < -0.3 is 9.88 Å². The van der Waals surface area contributed by atoms with E-state index < -0.39 is 41.2 Å². The van der Waals surface area contributed by atoms with E-state index in [2.05, 4.69) is 4.98 Å². The minimum Gasteiger partial charge on any atom is -0.328 e. The molecule has 144 valence electrons. The number of nitrogens with one attached hydrogen (secondary N) is 2. The highest BCUT2D eigenvalue weighted by Gasteiger charge is 2.44. The molecule has 0 aliphatic carbocycles. The van der Waals surface area contributed by atoms with E-state index in [1.54, 1.807) is 0 Å². The smallest absolute Gasteiger partial charge is 0.328 e. The van der Waals surface area contributed by atoms with Crippen molar-refractivity contribution >= 4 is 5.91 Å². The fourth-order valence-corrected chi connectivity index (χ4v) is 2.84. The predicted octanol–water partition coefficient (Wildman–Crippen LogP) is 2.26. The highest BCUT2D eigenvalue weighted by molar-refractivity contribution is 5.94. The number of nitrogens with zero attached hydrogens (tertiary/aromatic N) is 1. The van der Waals surface area contributed by atoms with E-state index in [1.807, 2.05) is 4.98 Å². The van der Waals surface area contributed by atoms with Crippen molar-refractivity contribution in [2.24, 2.45) is 0 Å². The van der Waals surface area contributed by atoms with Crippen molar-refractivity contribution in [2.45, 2.75) is 31.6 Å². The Balaban J connectivity index is 1.78. The first kappa shape index (κ1) is 18.8. The van der Waals surface area contributed by atoms with E-state index in [0.717, 1.165) is 24.3 Å². The summed E-state index contributed by atoms with van der Waals surface area (Å²) >= 11 is 0. The highest BCUT2D eigenvalue weighted by atomic mass is 19.4. The summed E-state index contributed by atoms with van der Waals surface area (Å²) in [6.45, 7) is -0.147. The molecule has 0 unspecified atom stereocenters. The van der Waals surface area contributed by atoms with E-state index >= 15 is 0 Å². The van der Waals surface area contributed by atoms with Crippen LogP contribution < -0.4 is 11.2 Å². The van der Waals surface area contributed by atoms with Crippen LogP contribution in [-0.4, -0.2) is 27.0 Å². The molecule has 2 aromatic rings. The number of benzene rings is 1. The molecule has 0 saturated heterocycles. The lowest BCUT2D eigenvalue weighted by atomic mass is 10.0. The van der Waals surface area contributed by atoms with Gasteiger partial charge in [0.25, 0.3) is 17.4 Å². The number of aromatic nitrogens is 2. The molecule has 0 bridgehead atoms. The van der Waals surface area contributed by atoms with E-state index in [-0.39, 0.29) is 29.9 Å². The summed E-state index contributed by atoms with van der Waals surface area (Å²) in [6, 6.07) is 3.52. The molecule has 6 nitrogen and oxygen atoms in total. The Bertz CT molecular complexity index is 992. The van der Waals surface area contributed by atoms with E-state index in [1.165, 1.54) is 4.90 Å². The number of carbonyl (C=O) groups excluding carboxylic acids is 1. The van der Waals surface area contributed by atoms with Gasteiger partial charge in [0.1, 0.15) is 6.42 Å². The summed E-state index contributed by atoms with van der Waals surface area (Å²) in [5, 5.41) is 0. The molecule has 1 aromatic heterocycles. The fourth-order valence-electron chi connectivity index (χ4n) is 2.84. The summed E-state index contributed by atoms with van der Waals surface area (Å²) < 4.78 is 64.1. The minimum absolute atomic E-state index is 0.0341. The molecule has 1 aliphatic heterocycles. The summed E-state index contributed by atoms with van der Waals surface area (Å²) in [5.41, 5.74) is -1.77. The second kappa shape index (κ2) is 6.32. The zero-order valence-electron chi connectivity index (χ0n) is 13.5. The maximum absolute atomic E-state index is 13.7. The Labute approximate surface area is 147 Å². The van der Waals surface area contributed by atoms with Crippen molar-refractivity contribution in [3.8, 4) is 0 Å². The quantitative estimate of drug-likeness (QED) is 0.790. The van der Waals surface area contributed by atoms with Crippen molar-refractivity contribution in [3.63, 3.8) is 0 Å². The normalized spacial score (nSPS) is 14.3. The van der Waals surface area contributed by atoms with E-state index in [9.17, 15) is 36.3 Å². The monoisotopic (exact) mass is 389 g/mol. The average molecular weight is 389 g/mol. The minimum atomic E-state index is -5.04. The van der Waals surface area contributed by atoms with Crippen LogP contribution in [0.3, 0.4) is 0 Å². The van der Waals surface area contributed by atoms with Crippen molar-refractivity contribution in [1.82, 2.24) is 14.9 Å². The van der Waals surface area contributed by atoms with Crippen LogP contribution in [0.5, 0.6) is 0 Å². The van der Waals surface area contributed by atoms with Gasteiger partial charge in [0.15, 0.2) is 0 Å². The largest absolute Gasteiger partial charge is 0.395 e. The molecular formula is C16H12F5N3O3. The number of rotatable bonds is 3. The molecule has 0 saturated carbocycles. The molecule has 3 rings (SSSR count).